The fourth-order valence-electron chi connectivity index (χ4n) is 1.62. The van der Waals surface area contributed by atoms with E-state index in [-0.39, 0.29) is 11.4 Å². The summed E-state index contributed by atoms with van der Waals surface area (Å²) in [5, 5.41) is 10.7. The highest BCUT2D eigenvalue weighted by Gasteiger charge is 2.26. The van der Waals surface area contributed by atoms with E-state index < -0.39 is 0 Å². The molecule has 1 aromatic rings. The van der Waals surface area contributed by atoms with Crippen LogP contribution in [0.2, 0.25) is 0 Å². The van der Waals surface area contributed by atoms with Crippen molar-refractivity contribution < 1.29 is 5.11 Å². The molecule has 0 unspecified atom stereocenters. The summed E-state index contributed by atoms with van der Waals surface area (Å²) in [4.78, 5) is 8.43. The number of hydrogen-bond acceptors (Lipinski definition) is 4. The van der Waals surface area contributed by atoms with Crippen LogP contribution in [0.3, 0.4) is 0 Å². The highest BCUT2D eigenvalue weighted by atomic mass is 32.2. The van der Waals surface area contributed by atoms with Gasteiger partial charge in [-0.25, -0.2) is 9.97 Å². The van der Waals surface area contributed by atoms with Crippen LogP contribution in [0.4, 0.5) is 0 Å². The van der Waals surface area contributed by atoms with Crippen molar-refractivity contribution in [2.75, 3.05) is 0 Å². The predicted molar refractivity (Wildman–Crippen MR) is 56.3 cm³/mol. The monoisotopic (exact) mass is 210 g/mol. The number of nitrogens with zero attached hydrogens (tertiary/aromatic N) is 2. The molecule has 0 spiro atoms. The Kier molecular flexibility index (Phi) is 3.03. The summed E-state index contributed by atoms with van der Waals surface area (Å²) in [6.07, 6.45) is 6.56. The minimum absolute atomic E-state index is 0.176. The summed E-state index contributed by atoms with van der Waals surface area (Å²) in [6, 6.07) is 0. The first-order chi connectivity index (χ1) is 6.75. The molecular formula is C10H14N2OS. The molecule has 0 bridgehead atoms. The van der Waals surface area contributed by atoms with Gasteiger partial charge in [-0.3, -0.25) is 0 Å². The second-order valence-electron chi connectivity index (χ2n) is 3.70. The van der Waals surface area contributed by atoms with Crippen molar-refractivity contribution in [2.45, 2.75) is 42.7 Å². The van der Waals surface area contributed by atoms with Gasteiger partial charge in [0.05, 0.1) is 6.10 Å². The van der Waals surface area contributed by atoms with E-state index in [9.17, 15) is 5.11 Å². The van der Waals surface area contributed by atoms with E-state index in [1.165, 1.54) is 0 Å². The minimum Gasteiger partial charge on any atom is -0.392 e. The molecule has 2 atom stereocenters. The molecular weight excluding hydrogens is 196 g/mol. The van der Waals surface area contributed by atoms with E-state index in [4.69, 9.17) is 0 Å². The average molecular weight is 210 g/mol. The van der Waals surface area contributed by atoms with Crippen molar-refractivity contribution in [1.29, 1.82) is 0 Å². The van der Waals surface area contributed by atoms with Crippen LogP contribution < -0.4 is 0 Å². The Hall–Kier alpha value is -0.610. The summed E-state index contributed by atoms with van der Waals surface area (Å²) in [5.74, 6) is 0. The zero-order chi connectivity index (χ0) is 9.97. The molecule has 1 saturated carbocycles. The molecule has 3 nitrogen and oxygen atoms in total. The Bertz CT molecular complexity index is 301. The number of hydrogen-bond donors (Lipinski definition) is 1. The van der Waals surface area contributed by atoms with Crippen LogP contribution in [-0.4, -0.2) is 26.4 Å². The summed E-state index contributed by atoms with van der Waals surface area (Å²) >= 11 is 1.60. The van der Waals surface area contributed by atoms with Gasteiger partial charge in [-0.2, -0.15) is 0 Å². The largest absolute Gasteiger partial charge is 0.392 e. The quantitative estimate of drug-likeness (QED) is 0.756. The van der Waals surface area contributed by atoms with E-state index in [1.807, 2.05) is 19.3 Å². The van der Waals surface area contributed by atoms with Gasteiger partial charge in [0.15, 0.2) is 5.16 Å². The molecule has 2 rings (SSSR count). The molecule has 1 aromatic heterocycles. The lowest BCUT2D eigenvalue weighted by Gasteiger charge is -2.11. The molecule has 1 heterocycles. The normalized spacial score (nSPS) is 26.7. The minimum atomic E-state index is -0.176. The van der Waals surface area contributed by atoms with Crippen LogP contribution in [0.1, 0.15) is 24.8 Å². The van der Waals surface area contributed by atoms with Gasteiger partial charge in [0, 0.05) is 17.6 Å². The Balaban J connectivity index is 2.00. The number of thioether (sulfide) groups is 1. The smallest absolute Gasteiger partial charge is 0.187 e. The van der Waals surface area contributed by atoms with Crippen LogP contribution in [0, 0.1) is 6.92 Å². The van der Waals surface area contributed by atoms with E-state index >= 15 is 0 Å². The maximum Gasteiger partial charge on any atom is 0.187 e. The average Bonchev–Trinajstić information content (AvgIpc) is 2.56. The van der Waals surface area contributed by atoms with E-state index in [0.29, 0.717) is 0 Å². The van der Waals surface area contributed by atoms with Gasteiger partial charge in [0.2, 0.25) is 0 Å². The Morgan fingerprint density at radius 1 is 1.36 bits per heavy atom. The standard InChI is InChI=1S/C10H14N2OS/c1-7-5-11-10(12-6-7)14-9-4-2-3-8(9)13/h5-6,8-9,13H,2-4H2,1H3/t8-,9-/m1/s1. The molecule has 14 heavy (non-hydrogen) atoms. The first-order valence-electron chi connectivity index (χ1n) is 4.89. The molecule has 0 aliphatic heterocycles. The summed E-state index contributed by atoms with van der Waals surface area (Å²) in [7, 11) is 0. The number of aliphatic hydroxyl groups excluding tert-OH is 1. The zero-order valence-electron chi connectivity index (χ0n) is 8.18. The van der Waals surface area contributed by atoms with Gasteiger partial charge < -0.3 is 5.11 Å². The van der Waals surface area contributed by atoms with Gasteiger partial charge in [-0.1, -0.05) is 11.8 Å². The van der Waals surface area contributed by atoms with Gasteiger partial charge in [0.25, 0.3) is 0 Å². The first kappa shape index (κ1) is 9.93. The highest BCUT2D eigenvalue weighted by Crippen LogP contribution is 2.32. The van der Waals surface area contributed by atoms with Gasteiger partial charge in [-0.15, -0.1) is 0 Å². The molecule has 1 fully saturated rings. The Labute approximate surface area is 88.0 Å². The third-order valence-electron chi connectivity index (χ3n) is 2.43. The topological polar surface area (TPSA) is 46.0 Å². The summed E-state index contributed by atoms with van der Waals surface area (Å²) < 4.78 is 0. The van der Waals surface area contributed by atoms with Crippen LogP contribution >= 0.6 is 11.8 Å². The second-order valence-corrected chi connectivity index (χ2v) is 4.90. The number of aliphatic hydroxyl groups is 1. The van der Waals surface area contributed by atoms with Crippen LogP contribution in [0.25, 0.3) is 0 Å². The van der Waals surface area contributed by atoms with E-state index in [2.05, 4.69) is 9.97 Å². The van der Waals surface area contributed by atoms with Crippen LogP contribution in [0.15, 0.2) is 17.6 Å². The Morgan fingerprint density at radius 3 is 2.64 bits per heavy atom. The molecule has 0 aromatic carbocycles. The maximum atomic E-state index is 9.63. The van der Waals surface area contributed by atoms with Crippen molar-refractivity contribution in [3.63, 3.8) is 0 Å². The molecule has 0 amide bonds. The molecule has 1 N–H and O–H groups in total. The van der Waals surface area contributed by atoms with Gasteiger partial charge in [0.1, 0.15) is 0 Å². The van der Waals surface area contributed by atoms with Crippen molar-refractivity contribution in [3.05, 3.63) is 18.0 Å². The van der Waals surface area contributed by atoms with Gasteiger partial charge in [-0.05, 0) is 31.7 Å². The zero-order valence-corrected chi connectivity index (χ0v) is 9.00. The lowest BCUT2D eigenvalue weighted by Crippen LogP contribution is -2.15. The number of aryl methyl sites for hydroxylation is 1. The SMILES string of the molecule is Cc1cnc(S[C@@H]2CCC[C@H]2O)nc1. The highest BCUT2D eigenvalue weighted by molar-refractivity contribution is 7.99. The van der Waals surface area contributed by atoms with Crippen LogP contribution in [0.5, 0.6) is 0 Å². The maximum absolute atomic E-state index is 9.63. The number of aromatic nitrogens is 2. The van der Waals surface area contributed by atoms with Crippen LogP contribution in [-0.2, 0) is 0 Å². The van der Waals surface area contributed by atoms with Crippen molar-refractivity contribution in [1.82, 2.24) is 9.97 Å². The molecule has 1 aliphatic carbocycles. The van der Waals surface area contributed by atoms with Crippen molar-refractivity contribution in [2.24, 2.45) is 0 Å². The fraction of sp³-hybridized carbons (Fsp3) is 0.600. The molecule has 4 heteroatoms. The lowest BCUT2D eigenvalue weighted by atomic mass is 10.3. The van der Waals surface area contributed by atoms with E-state index in [0.717, 1.165) is 30.0 Å². The summed E-state index contributed by atoms with van der Waals surface area (Å²) in [5.41, 5.74) is 1.07. The third-order valence-corrected chi connectivity index (χ3v) is 3.71. The Morgan fingerprint density at radius 2 is 2.07 bits per heavy atom. The number of rotatable bonds is 2. The predicted octanol–water partition coefficient (Wildman–Crippen LogP) is 1.79. The van der Waals surface area contributed by atoms with Crippen molar-refractivity contribution in [3.8, 4) is 0 Å². The third kappa shape index (κ3) is 2.25. The molecule has 76 valence electrons. The summed E-state index contributed by atoms with van der Waals surface area (Å²) in [6.45, 7) is 1.97. The molecule has 1 aliphatic rings. The fourth-order valence-corrected chi connectivity index (χ4v) is 2.70. The first-order valence-corrected chi connectivity index (χ1v) is 5.77. The molecule has 0 saturated heterocycles. The van der Waals surface area contributed by atoms with Gasteiger partial charge >= 0.3 is 0 Å². The van der Waals surface area contributed by atoms with Crippen molar-refractivity contribution >= 4 is 11.8 Å². The van der Waals surface area contributed by atoms with E-state index in [1.54, 1.807) is 11.8 Å². The lowest BCUT2D eigenvalue weighted by molar-refractivity contribution is 0.188. The molecule has 0 radical (unpaired) electrons. The second kappa shape index (κ2) is 4.28.